The number of nitrogens with one attached hydrogen (secondary N) is 1. The molecule has 0 radical (unpaired) electrons. The second-order valence-electron chi connectivity index (χ2n) is 2.97. The Morgan fingerprint density at radius 1 is 1.00 bits per heavy atom. The number of rotatable bonds is 11. The van der Waals surface area contributed by atoms with E-state index in [4.69, 9.17) is 14.2 Å². The van der Waals surface area contributed by atoms with Crippen molar-refractivity contribution in [2.45, 2.75) is 0 Å². The largest absolute Gasteiger partial charge is 0.468 e. The third kappa shape index (κ3) is 11.4. The van der Waals surface area contributed by atoms with Crippen LogP contribution in [0.4, 0.5) is 0 Å². The first-order valence-electron chi connectivity index (χ1n) is 5.23. The van der Waals surface area contributed by atoms with Crippen molar-refractivity contribution in [1.82, 2.24) is 5.32 Å². The molecular formula is C10H21NO5. The van der Waals surface area contributed by atoms with Gasteiger partial charge in [0.1, 0.15) is 0 Å². The van der Waals surface area contributed by atoms with E-state index in [9.17, 15) is 4.79 Å². The highest BCUT2D eigenvalue weighted by Gasteiger charge is 1.97. The molecule has 0 aromatic heterocycles. The van der Waals surface area contributed by atoms with Crippen molar-refractivity contribution in [3.05, 3.63) is 0 Å². The van der Waals surface area contributed by atoms with Gasteiger partial charge in [-0.1, -0.05) is 0 Å². The third-order valence-electron chi connectivity index (χ3n) is 1.72. The minimum absolute atomic E-state index is 0.212. The van der Waals surface area contributed by atoms with Crippen molar-refractivity contribution in [1.29, 1.82) is 0 Å². The van der Waals surface area contributed by atoms with E-state index < -0.39 is 0 Å². The smallest absolute Gasteiger partial charge is 0.319 e. The summed E-state index contributed by atoms with van der Waals surface area (Å²) in [6, 6.07) is 0. The molecule has 96 valence electrons. The lowest BCUT2D eigenvalue weighted by Crippen LogP contribution is -2.27. The molecule has 0 amide bonds. The van der Waals surface area contributed by atoms with Gasteiger partial charge in [-0.05, 0) is 0 Å². The highest BCUT2D eigenvalue weighted by atomic mass is 16.5. The Morgan fingerprint density at radius 2 is 1.62 bits per heavy atom. The lowest BCUT2D eigenvalue weighted by atomic mass is 10.6. The average molecular weight is 235 g/mol. The predicted octanol–water partition coefficient (Wildman–Crippen LogP) is -0.571. The summed E-state index contributed by atoms with van der Waals surface area (Å²) < 4.78 is 19.7. The maximum absolute atomic E-state index is 10.7. The van der Waals surface area contributed by atoms with Crippen molar-refractivity contribution in [3.63, 3.8) is 0 Å². The summed E-state index contributed by atoms with van der Waals surface area (Å²) in [6.07, 6.45) is 0. The summed E-state index contributed by atoms with van der Waals surface area (Å²) in [5.74, 6) is -0.275. The van der Waals surface area contributed by atoms with Crippen molar-refractivity contribution >= 4 is 5.97 Å². The van der Waals surface area contributed by atoms with Crippen LogP contribution in [0.1, 0.15) is 0 Å². The Bertz CT molecular complexity index is 165. The molecule has 0 saturated heterocycles. The van der Waals surface area contributed by atoms with Gasteiger partial charge in [0.05, 0.1) is 46.7 Å². The van der Waals surface area contributed by atoms with Crippen molar-refractivity contribution < 1.29 is 23.7 Å². The molecule has 0 unspecified atom stereocenters. The van der Waals surface area contributed by atoms with Crippen LogP contribution in [0.3, 0.4) is 0 Å². The second kappa shape index (κ2) is 12.4. The molecule has 6 nitrogen and oxygen atoms in total. The van der Waals surface area contributed by atoms with Crippen molar-refractivity contribution in [3.8, 4) is 0 Å². The first-order chi connectivity index (χ1) is 7.81. The maximum Gasteiger partial charge on any atom is 0.319 e. The minimum atomic E-state index is -0.275. The number of ether oxygens (including phenoxy) is 4. The number of methoxy groups -OCH3 is 2. The van der Waals surface area contributed by atoms with Gasteiger partial charge in [0.2, 0.25) is 0 Å². The van der Waals surface area contributed by atoms with Crippen LogP contribution in [-0.2, 0) is 23.7 Å². The van der Waals surface area contributed by atoms with Gasteiger partial charge in [-0.15, -0.1) is 0 Å². The molecule has 0 spiro atoms. The van der Waals surface area contributed by atoms with Crippen LogP contribution >= 0.6 is 0 Å². The molecular weight excluding hydrogens is 214 g/mol. The number of hydrogen-bond acceptors (Lipinski definition) is 6. The van der Waals surface area contributed by atoms with Crippen molar-refractivity contribution in [2.75, 3.05) is 60.3 Å². The van der Waals surface area contributed by atoms with Crippen molar-refractivity contribution in [2.24, 2.45) is 0 Å². The lowest BCUT2D eigenvalue weighted by Gasteiger charge is -2.06. The lowest BCUT2D eigenvalue weighted by molar-refractivity contribution is -0.139. The Morgan fingerprint density at radius 3 is 2.25 bits per heavy atom. The molecule has 0 aromatic carbocycles. The van der Waals surface area contributed by atoms with Gasteiger partial charge in [-0.3, -0.25) is 4.79 Å². The molecule has 0 heterocycles. The fourth-order valence-corrected chi connectivity index (χ4v) is 0.871. The Hall–Kier alpha value is -0.690. The van der Waals surface area contributed by atoms with Crippen LogP contribution in [0.25, 0.3) is 0 Å². The molecule has 0 aliphatic heterocycles. The maximum atomic E-state index is 10.7. The van der Waals surface area contributed by atoms with E-state index in [0.717, 1.165) is 0 Å². The number of carbonyl (C=O) groups excluding carboxylic acids is 1. The minimum Gasteiger partial charge on any atom is -0.468 e. The van der Waals surface area contributed by atoms with Crippen LogP contribution in [0, 0.1) is 0 Å². The fraction of sp³-hybridized carbons (Fsp3) is 0.900. The summed E-state index contributed by atoms with van der Waals surface area (Å²) in [7, 11) is 2.99. The normalized spacial score (nSPS) is 10.4. The molecule has 0 fully saturated rings. The SMILES string of the molecule is COCCOCCOCCNCC(=O)OC. The summed E-state index contributed by atoms with van der Waals surface area (Å²) in [6.45, 7) is 3.66. The molecule has 0 aromatic rings. The highest BCUT2D eigenvalue weighted by Crippen LogP contribution is 1.79. The van der Waals surface area contributed by atoms with Gasteiger partial charge < -0.3 is 24.3 Å². The van der Waals surface area contributed by atoms with E-state index in [0.29, 0.717) is 39.6 Å². The van der Waals surface area contributed by atoms with Crippen LogP contribution in [-0.4, -0.2) is 66.3 Å². The van der Waals surface area contributed by atoms with E-state index in [1.54, 1.807) is 7.11 Å². The summed E-state index contributed by atoms with van der Waals surface area (Å²) >= 11 is 0. The van der Waals surface area contributed by atoms with Crippen LogP contribution in [0.15, 0.2) is 0 Å². The summed E-state index contributed by atoms with van der Waals surface area (Å²) in [5, 5.41) is 2.89. The Kier molecular flexibility index (Phi) is 11.8. The van der Waals surface area contributed by atoms with E-state index in [1.807, 2.05) is 0 Å². The van der Waals surface area contributed by atoms with E-state index in [-0.39, 0.29) is 12.5 Å². The quantitative estimate of drug-likeness (QED) is 0.382. The zero-order chi connectivity index (χ0) is 12.1. The second-order valence-corrected chi connectivity index (χ2v) is 2.97. The molecule has 1 N–H and O–H groups in total. The van der Waals surface area contributed by atoms with E-state index in [2.05, 4.69) is 10.1 Å². The Balaban J connectivity index is 2.96. The van der Waals surface area contributed by atoms with Crippen LogP contribution < -0.4 is 5.32 Å². The summed E-state index contributed by atoms with van der Waals surface area (Å²) in [5.41, 5.74) is 0. The topological polar surface area (TPSA) is 66.0 Å². The van der Waals surface area contributed by atoms with Gasteiger partial charge in [0, 0.05) is 13.7 Å². The molecule has 0 rings (SSSR count). The molecule has 0 bridgehead atoms. The fourth-order valence-electron chi connectivity index (χ4n) is 0.871. The van der Waals surface area contributed by atoms with Gasteiger partial charge in [0.15, 0.2) is 0 Å². The van der Waals surface area contributed by atoms with Crippen LogP contribution in [0.2, 0.25) is 0 Å². The van der Waals surface area contributed by atoms with E-state index >= 15 is 0 Å². The van der Waals surface area contributed by atoms with Gasteiger partial charge in [-0.2, -0.15) is 0 Å². The van der Waals surface area contributed by atoms with Gasteiger partial charge >= 0.3 is 5.97 Å². The molecule has 0 saturated carbocycles. The van der Waals surface area contributed by atoms with Crippen LogP contribution in [0.5, 0.6) is 0 Å². The molecule has 6 heteroatoms. The van der Waals surface area contributed by atoms with Gasteiger partial charge in [-0.25, -0.2) is 0 Å². The van der Waals surface area contributed by atoms with E-state index in [1.165, 1.54) is 7.11 Å². The zero-order valence-electron chi connectivity index (χ0n) is 9.99. The zero-order valence-corrected chi connectivity index (χ0v) is 9.99. The summed E-state index contributed by atoms with van der Waals surface area (Å²) in [4.78, 5) is 10.7. The first-order valence-corrected chi connectivity index (χ1v) is 5.23. The molecule has 0 aliphatic carbocycles. The Labute approximate surface area is 96.2 Å². The number of carbonyl (C=O) groups is 1. The number of hydrogen-bond donors (Lipinski definition) is 1. The molecule has 0 aliphatic rings. The third-order valence-corrected chi connectivity index (χ3v) is 1.72. The first kappa shape index (κ1) is 15.3. The predicted molar refractivity (Wildman–Crippen MR) is 58.4 cm³/mol. The standard InChI is InChI=1S/C10H21NO5/c1-13-5-6-16-8-7-15-4-3-11-9-10(12)14-2/h11H,3-9H2,1-2H3. The highest BCUT2D eigenvalue weighted by molar-refractivity contribution is 5.71. The monoisotopic (exact) mass is 235 g/mol. The van der Waals surface area contributed by atoms with Gasteiger partial charge in [0.25, 0.3) is 0 Å². The average Bonchev–Trinajstić information content (AvgIpc) is 2.31. The molecule has 0 atom stereocenters. The molecule has 16 heavy (non-hydrogen) atoms. The number of esters is 1.